The summed E-state index contributed by atoms with van der Waals surface area (Å²) in [5, 5.41) is 10.3. The van der Waals surface area contributed by atoms with Gasteiger partial charge in [-0.2, -0.15) is 0 Å². The molecular weight excluding hydrogens is 222 g/mol. The molecule has 0 aromatic heterocycles. The number of nitrogens with zero attached hydrogens (tertiary/aromatic N) is 1. The van der Waals surface area contributed by atoms with Gasteiger partial charge in [0.05, 0.1) is 6.10 Å². The molecule has 0 amide bonds. The molecule has 0 bridgehead atoms. The van der Waals surface area contributed by atoms with E-state index in [1.165, 1.54) is 19.3 Å². The van der Waals surface area contributed by atoms with Crippen LogP contribution in [-0.4, -0.2) is 35.2 Å². The van der Waals surface area contributed by atoms with E-state index < -0.39 is 0 Å². The Hall–Kier alpha value is -0.0800. The molecule has 1 N–H and O–H groups in total. The standard InChI is InChI=1S/C16H33NO/c1-6-14-7-8-16(18)15(9-14)17(10-12(2)3)11-13(4)5/h12-16,18H,6-11H2,1-5H3. The van der Waals surface area contributed by atoms with Crippen molar-refractivity contribution >= 4 is 0 Å². The first kappa shape index (κ1) is 16.0. The highest BCUT2D eigenvalue weighted by Gasteiger charge is 2.33. The van der Waals surface area contributed by atoms with Crippen LogP contribution >= 0.6 is 0 Å². The van der Waals surface area contributed by atoms with E-state index in [0.29, 0.717) is 17.9 Å². The maximum atomic E-state index is 10.3. The first-order valence-corrected chi connectivity index (χ1v) is 7.86. The molecular formula is C16H33NO. The molecule has 18 heavy (non-hydrogen) atoms. The van der Waals surface area contributed by atoms with E-state index in [1.807, 2.05) is 0 Å². The monoisotopic (exact) mass is 255 g/mol. The third-order valence-corrected chi connectivity index (χ3v) is 4.14. The third-order valence-electron chi connectivity index (χ3n) is 4.14. The van der Waals surface area contributed by atoms with E-state index in [2.05, 4.69) is 39.5 Å². The van der Waals surface area contributed by atoms with Gasteiger partial charge in [-0.05, 0) is 37.0 Å². The number of aliphatic hydroxyl groups excluding tert-OH is 1. The Morgan fingerprint density at radius 2 is 1.61 bits per heavy atom. The van der Waals surface area contributed by atoms with Crippen molar-refractivity contribution in [2.75, 3.05) is 13.1 Å². The zero-order chi connectivity index (χ0) is 13.7. The van der Waals surface area contributed by atoms with Gasteiger partial charge in [0.25, 0.3) is 0 Å². The Kier molecular flexibility index (Phi) is 6.65. The van der Waals surface area contributed by atoms with Gasteiger partial charge in [0.15, 0.2) is 0 Å². The van der Waals surface area contributed by atoms with Crippen molar-refractivity contribution < 1.29 is 5.11 Å². The average Bonchev–Trinajstić information content (AvgIpc) is 2.27. The highest BCUT2D eigenvalue weighted by atomic mass is 16.3. The largest absolute Gasteiger partial charge is 0.391 e. The van der Waals surface area contributed by atoms with Crippen molar-refractivity contribution in [3.63, 3.8) is 0 Å². The van der Waals surface area contributed by atoms with Crippen LogP contribution in [0.4, 0.5) is 0 Å². The van der Waals surface area contributed by atoms with Gasteiger partial charge >= 0.3 is 0 Å². The molecule has 2 heteroatoms. The lowest BCUT2D eigenvalue weighted by Gasteiger charge is -2.42. The summed E-state index contributed by atoms with van der Waals surface area (Å²) < 4.78 is 0. The molecule has 0 aromatic carbocycles. The molecule has 0 radical (unpaired) electrons. The maximum Gasteiger partial charge on any atom is 0.0695 e. The predicted octanol–water partition coefficient (Wildman–Crippen LogP) is 3.54. The number of hydrogen-bond donors (Lipinski definition) is 1. The molecule has 0 aromatic rings. The first-order chi connectivity index (χ1) is 8.43. The van der Waals surface area contributed by atoms with Gasteiger partial charge in [-0.15, -0.1) is 0 Å². The Morgan fingerprint density at radius 3 is 2.06 bits per heavy atom. The molecule has 3 atom stereocenters. The summed E-state index contributed by atoms with van der Waals surface area (Å²) in [6.07, 6.45) is 4.56. The molecule has 0 aliphatic heterocycles. The van der Waals surface area contributed by atoms with Gasteiger partial charge in [-0.1, -0.05) is 41.0 Å². The molecule has 1 rings (SSSR count). The second-order valence-electron chi connectivity index (χ2n) is 6.96. The Labute approximate surface area is 114 Å². The molecule has 0 heterocycles. The topological polar surface area (TPSA) is 23.5 Å². The minimum atomic E-state index is -0.106. The van der Waals surface area contributed by atoms with Crippen molar-refractivity contribution in [2.24, 2.45) is 17.8 Å². The van der Waals surface area contributed by atoms with E-state index in [9.17, 15) is 5.11 Å². The van der Waals surface area contributed by atoms with Crippen LogP contribution in [0.5, 0.6) is 0 Å². The van der Waals surface area contributed by atoms with Crippen molar-refractivity contribution in [1.82, 2.24) is 4.90 Å². The molecule has 2 nitrogen and oxygen atoms in total. The Balaban J connectivity index is 2.67. The Morgan fingerprint density at radius 1 is 1.06 bits per heavy atom. The van der Waals surface area contributed by atoms with E-state index >= 15 is 0 Å². The second-order valence-corrected chi connectivity index (χ2v) is 6.96. The van der Waals surface area contributed by atoms with Crippen LogP contribution in [0.3, 0.4) is 0 Å². The summed E-state index contributed by atoms with van der Waals surface area (Å²) in [4.78, 5) is 2.56. The van der Waals surface area contributed by atoms with Gasteiger partial charge in [0, 0.05) is 19.1 Å². The SMILES string of the molecule is CCC1CCC(O)C(N(CC(C)C)CC(C)C)C1. The molecule has 0 saturated heterocycles. The van der Waals surface area contributed by atoms with Crippen LogP contribution in [0.25, 0.3) is 0 Å². The van der Waals surface area contributed by atoms with Gasteiger partial charge in [-0.25, -0.2) is 0 Å². The van der Waals surface area contributed by atoms with E-state index in [0.717, 1.165) is 25.4 Å². The average molecular weight is 255 g/mol. The summed E-state index contributed by atoms with van der Waals surface area (Å²) in [5.74, 6) is 2.18. The fourth-order valence-corrected chi connectivity index (χ4v) is 3.26. The molecule has 1 aliphatic rings. The van der Waals surface area contributed by atoms with Crippen molar-refractivity contribution in [1.29, 1.82) is 0 Å². The first-order valence-electron chi connectivity index (χ1n) is 7.86. The van der Waals surface area contributed by atoms with Crippen molar-refractivity contribution in [3.8, 4) is 0 Å². The maximum absolute atomic E-state index is 10.3. The van der Waals surface area contributed by atoms with Crippen LogP contribution in [0.15, 0.2) is 0 Å². The van der Waals surface area contributed by atoms with Gasteiger partial charge in [0.2, 0.25) is 0 Å². The van der Waals surface area contributed by atoms with Crippen molar-refractivity contribution in [3.05, 3.63) is 0 Å². The van der Waals surface area contributed by atoms with E-state index in [1.54, 1.807) is 0 Å². The third kappa shape index (κ3) is 4.89. The zero-order valence-corrected chi connectivity index (χ0v) is 13.0. The van der Waals surface area contributed by atoms with Crippen molar-refractivity contribution in [2.45, 2.75) is 72.4 Å². The summed E-state index contributed by atoms with van der Waals surface area (Å²) in [7, 11) is 0. The summed E-state index contributed by atoms with van der Waals surface area (Å²) in [5.41, 5.74) is 0. The second kappa shape index (κ2) is 7.49. The van der Waals surface area contributed by atoms with E-state index in [4.69, 9.17) is 0 Å². The van der Waals surface area contributed by atoms with Crippen LogP contribution in [0.1, 0.15) is 60.3 Å². The smallest absolute Gasteiger partial charge is 0.0695 e. The highest BCUT2D eigenvalue weighted by molar-refractivity contribution is 4.87. The van der Waals surface area contributed by atoms with Gasteiger partial charge < -0.3 is 5.11 Å². The van der Waals surface area contributed by atoms with Crippen LogP contribution in [0.2, 0.25) is 0 Å². The van der Waals surface area contributed by atoms with Gasteiger partial charge in [0.1, 0.15) is 0 Å². The predicted molar refractivity (Wildman–Crippen MR) is 78.7 cm³/mol. The van der Waals surface area contributed by atoms with Gasteiger partial charge in [-0.3, -0.25) is 4.90 Å². The molecule has 1 saturated carbocycles. The molecule has 3 unspecified atom stereocenters. The quantitative estimate of drug-likeness (QED) is 0.784. The normalized spacial score (nSPS) is 29.5. The molecule has 0 spiro atoms. The minimum absolute atomic E-state index is 0.106. The Bertz CT molecular complexity index is 217. The number of aliphatic hydroxyl groups is 1. The lowest BCUT2D eigenvalue weighted by atomic mass is 9.81. The molecule has 1 fully saturated rings. The lowest BCUT2D eigenvalue weighted by Crippen LogP contribution is -2.49. The molecule has 1 aliphatic carbocycles. The summed E-state index contributed by atoms with van der Waals surface area (Å²) in [6, 6.07) is 0.397. The molecule has 108 valence electrons. The fraction of sp³-hybridized carbons (Fsp3) is 1.00. The van der Waals surface area contributed by atoms with Crippen LogP contribution in [-0.2, 0) is 0 Å². The number of hydrogen-bond acceptors (Lipinski definition) is 2. The van der Waals surface area contributed by atoms with E-state index in [-0.39, 0.29) is 6.10 Å². The fourth-order valence-electron chi connectivity index (χ4n) is 3.26. The summed E-state index contributed by atoms with van der Waals surface area (Å²) in [6.45, 7) is 13.6. The van der Waals surface area contributed by atoms with Crippen LogP contribution in [0, 0.1) is 17.8 Å². The number of rotatable bonds is 6. The lowest BCUT2D eigenvalue weighted by molar-refractivity contribution is -0.00685. The van der Waals surface area contributed by atoms with Crippen LogP contribution < -0.4 is 0 Å². The highest BCUT2D eigenvalue weighted by Crippen LogP contribution is 2.30. The summed E-state index contributed by atoms with van der Waals surface area (Å²) >= 11 is 0. The zero-order valence-electron chi connectivity index (χ0n) is 13.0. The minimum Gasteiger partial charge on any atom is -0.391 e.